The van der Waals surface area contributed by atoms with Gasteiger partial charge in [-0.15, -0.1) is 0 Å². The fraction of sp³-hybridized carbons (Fsp3) is 0.875. The summed E-state index contributed by atoms with van der Waals surface area (Å²) in [5.74, 6) is -1.37. The Balaban J connectivity index is -0.00000180. The van der Waals surface area contributed by atoms with Crippen molar-refractivity contribution in [2.45, 2.75) is 89.9 Å². The molecule has 0 spiro atoms. The zero-order valence-corrected chi connectivity index (χ0v) is 12.6. The molecule has 0 bridgehead atoms. The molecule has 0 atom stereocenters. The van der Waals surface area contributed by atoms with Crippen molar-refractivity contribution in [2.24, 2.45) is 0 Å². The predicted molar refractivity (Wildman–Crippen MR) is 94.2 cm³/mol. The number of unbranched alkanes of at least 4 members (excludes halogenated alkanes) is 11. The second-order valence-electron chi connectivity index (χ2n) is 5.53. The van der Waals surface area contributed by atoms with E-state index in [-0.39, 0.29) is 59.1 Å². The Morgan fingerprint density at radius 3 is 0.818 bits per heavy atom. The number of carbonyl (C=O) groups is 2. The van der Waals surface area contributed by atoms with Gasteiger partial charge in [0.1, 0.15) is 0 Å². The summed E-state index contributed by atoms with van der Waals surface area (Å²) < 4.78 is 0. The molecule has 0 aliphatic heterocycles. The molecule has 2 N–H and O–H groups in total. The van der Waals surface area contributed by atoms with Gasteiger partial charge in [-0.3, -0.25) is 9.59 Å². The molecule has 4 nitrogen and oxygen atoms in total. The standard InChI is InChI=1S/C16H30O4.2Na.2H/c17-15(18)13-11-9-7-5-3-1-2-4-6-8-10-12-14-16(19)20;;;;/h1-14H2,(H,17,18)(H,19,20);;;;. The molecule has 0 aromatic heterocycles. The monoisotopic (exact) mass is 334 g/mol. The number of rotatable bonds is 15. The minimum atomic E-state index is -0.687. The van der Waals surface area contributed by atoms with Crippen LogP contribution in [0.3, 0.4) is 0 Å². The number of aliphatic carboxylic acids is 2. The van der Waals surface area contributed by atoms with E-state index in [1.165, 1.54) is 38.5 Å². The van der Waals surface area contributed by atoms with E-state index in [9.17, 15) is 9.59 Å². The van der Waals surface area contributed by atoms with Gasteiger partial charge in [0.25, 0.3) is 0 Å². The van der Waals surface area contributed by atoms with Crippen molar-refractivity contribution in [3.05, 3.63) is 0 Å². The van der Waals surface area contributed by atoms with Crippen molar-refractivity contribution < 1.29 is 19.8 Å². The Labute approximate surface area is 179 Å². The van der Waals surface area contributed by atoms with Crippen LogP contribution in [-0.4, -0.2) is 81.3 Å². The fourth-order valence-corrected chi connectivity index (χ4v) is 2.32. The Bertz CT molecular complexity index is 235. The molecule has 0 aromatic rings. The van der Waals surface area contributed by atoms with E-state index in [1.54, 1.807) is 0 Å². The van der Waals surface area contributed by atoms with Gasteiger partial charge in [-0.05, 0) is 12.8 Å². The molecule has 0 rings (SSSR count). The van der Waals surface area contributed by atoms with Gasteiger partial charge in [-0.25, -0.2) is 0 Å². The second-order valence-corrected chi connectivity index (χ2v) is 5.53. The first-order valence-electron chi connectivity index (χ1n) is 8.06. The first-order valence-corrected chi connectivity index (χ1v) is 8.06. The molecule has 0 aliphatic rings. The summed E-state index contributed by atoms with van der Waals surface area (Å²) in [4.78, 5) is 20.6. The zero-order chi connectivity index (χ0) is 15.1. The van der Waals surface area contributed by atoms with Crippen LogP contribution in [0.15, 0.2) is 0 Å². The third-order valence-electron chi connectivity index (χ3n) is 3.53. The molecule has 122 valence electrons. The predicted octanol–water partition coefficient (Wildman–Crippen LogP) is 3.32. The van der Waals surface area contributed by atoms with Crippen molar-refractivity contribution in [1.82, 2.24) is 0 Å². The van der Waals surface area contributed by atoms with Crippen molar-refractivity contribution in [3.63, 3.8) is 0 Å². The quantitative estimate of drug-likeness (QED) is 0.356. The van der Waals surface area contributed by atoms with Crippen LogP contribution in [0.4, 0.5) is 0 Å². The SMILES string of the molecule is O=C(O)CCCCCCCCCCCCCCC(=O)O.[NaH].[NaH]. The van der Waals surface area contributed by atoms with Crippen LogP contribution in [-0.2, 0) is 9.59 Å². The van der Waals surface area contributed by atoms with E-state index in [2.05, 4.69) is 0 Å². The average Bonchev–Trinajstić information content (AvgIpc) is 2.38. The first-order chi connectivity index (χ1) is 9.63. The Morgan fingerprint density at radius 1 is 0.455 bits per heavy atom. The van der Waals surface area contributed by atoms with Gasteiger partial charge in [-0.1, -0.05) is 64.2 Å². The number of hydrogen-bond acceptors (Lipinski definition) is 2. The molecular weight excluding hydrogens is 302 g/mol. The molecule has 0 aromatic carbocycles. The number of carboxylic acids is 2. The summed E-state index contributed by atoms with van der Waals surface area (Å²) in [6, 6.07) is 0. The van der Waals surface area contributed by atoms with E-state index in [0.717, 1.165) is 38.5 Å². The molecule has 0 fully saturated rings. The van der Waals surface area contributed by atoms with E-state index in [1.807, 2.05) is 0 Å². The molecular formula is C16H32Na2O4. The van der Waals surface area contributed by atoms with E-state index < -0.39 is 11.9 Å². The first kappa shape index (κ1) is 27.8. The van der Waals surface area contributed by atoms with Crippen LogP contribution in [0.25, 0.3) is 0 Å². The third-order valence-corrected chi connectivity index (χ3v) is 3.53. The average molecular weight is 334 g/mol. The van der Waals surface area contributed by atoms with Gasteiger partial charge < -0.3 is 10.2 Å². The summed E-state index contributed by atoms with van der Waals surface area (Å²) in [6.07, 6.45) is 14.1. The Morgan fingerprint density at radius 2 is 0.636 bits per heavy atom. The van der Waals surface area contributed by atoms with Crippen LogP contribution in [0.1, 0.15) is 89.9 Å². The van der Waals surface area contributed by atoms with Crippen LogP contribution >= 0.6 is 0 Å². The molecule has 22 heavy (non-hydrogen) atoms. The molecule has 0 amide bonds. The van der Waals surface area contributed by atoms with E-state index in [0.29, 0.717) is 12.8 Å². The van der Waals surface area contributed by atoms with E-state index in [4.69, 9.17) is 10.2 Å². The summed E-state index contributed by atoms with van der Waals surface area (Å²) in [6.45, 7) is 0. The Kier molecular flexibility index (Phi) is 27.7. The maximum atomic E-state index is 10.3. The summed E-state index contributed by atoms with van der Waals surface area (Å²) in [5.41, 5.74) is 0. The van der Waals surface area contributed by atoms with Crippen LogP contribution in [0, 0.1) is 0 Å². The Hall–Kier alpha value is 0.940. The summed E-state index contributed by atoms with van der Waals surface area (Å²) in [5, 5.41) is 17.0. The molecule has 0 aliphatic carbocycles. The minimum absolute atomic E-state index is 0. The number of carboxylic acid groups (broad SMARTS) is 2. The van der Waals surface area contributed by atoms with Gasteiger partial charge in [0.05, 0.1) is 0 Å². The third kappa shape index (κ3) is 25.9. The van der Waals surface area contributed by atoms with E-state index >= 15 is 0 Å². The maximum absolute atomic E-state index is 10.3. The van der Waals surface area contributed by atoms with Crippen molar-refractivity contribution in [3.8, 4) is 0 Å². The molecule has 0 unspecified atom stereocenters. The molecule has 0 saturated heterocycles. The summed E-state index contributed by atoms with van der Waals surface area (Å²) in [7, 11) is 0. The van der Waals surface area contributed by atoms with Crippen molar-refractivity contribution in [2.75, 3.05) is 0 Å². The van der Waals surface area contributed by atoms with Crippen molar-refractivity contribution >= 4 is 71.1 Å². The van der Waals surface area contributed by atoms with Gasteiger partial charge in [0, 0.05) is 12.8 Å². The zero-order valence-electron chi connectivity index (χ0n) is 12.6. The van der Waals surface area contributed by atoms with Gasteiger partial charge in [-0.2, -0.15) is 0 Å². The van der Waals surface area contributed by atoms with Crippen LogP contribution < -0.4 is 0 Å². The molecule has 0 saturated carbocycles. The molecule has 0 radical (unpaired) electrons. The molecule has 6 heteroatoms. The van der Waals surface area contributed by atoms with Gasteiger partial charge in [0.15, 0.2) is 0 Å². The van der Waals surface area contributed by atoms with Crippen LogP contribution in [0.5, 0.6) is 0 Å². The second kappa shape index (κ2) is 21.9. The van der Waals surface area contributed by atoms with Crippen molar-refractivity contribution in [1.29, 1.82) is 0 Å². The summed E-state index contributed by atoms with van der Waals surface area (Å²) >= 11 is 0. The van der Waals surface area contributed by atoms with Gasteiger partial charge in [0.2, 0.25) is 0 Å². The number of hydrogen-bond donors (Lipinski definition) is 2. The fourth-order valence-electron chi connectivity index (χ4n) is 2.32. The van der Waals surface area contributed by atoms with Crippen LogP contribution in [0.2, 0.25) is 0 Å². The van der Waals surface area contributed by atoms with Gasteiger partial charge >= 0.3 is 71.1 Å². The normalized spacial score (nSPS) is 9.64. The topological polar surface area (TPSA) is 74.6 Å². The molecule has 0 heterocycles.